The number of hydrogen-bond donors (Lipinski definition) is 2. The summed E-state index contributed by atoms with van der Waals surface area (Å²) >= 11 is 5.24. The highest BCUT2D eigenvalue weighted by atomic mass is 79.9. The molecule has 0 saturated carbocycles. The van der Waals surface area contributed by atoms with E-state index in [0.717, 1.165) is 24.0 Å². The number of amides is 1. The molecular weight excluding hydrogens is 348 g/mol. The number of halogens is 1. The van der Waals surface area contributed by atoms with Gasteiger partial charge in [-0.15, -0.1) is 11.8 Å². The van der Waals surface area contributed by atoms with Gasteiger partial charge in [0.05, 0.1) is 11.8 Å². The van der Waals surface area contributed by atoms with Gasteiger partial charge in [0.2, 0.25) is 5.91 Å². The van der Waals surface area contributed by atoms with Gasteiger partial charge in [-0.3, -0.25) is 4.79 Å². The van der Waals surface area contributed by atoms with Crippen molar-refractivity contribution >= 4 is 33.6 Å². The van der Waals surface area contributed by atoms with Crippen molar-refractivity contribution in [1.82, 2.24) is 10.6 Å². The Kier molecular flexibility index (Phi) is 7.07. The zero-order valence-corrected chi connectivity index (χ0v) is 14.8. The van der Waals surface area contributed by atoms with Crippen LogP contribution in [-0.4, -0.2) is 30.0 Å². The number of benzene rings is 1. The molecule has 1 unspecified atom stereocenters. The molecule has 1 fully saturated rings. The summed E-state index contributed by atoms with van der Waals surface area (Å²) in [4.78, 5) is 12.1. The first-order valence-corrected chi connectivity index (χ1v) is 9.40. The highest BCUT2D eigenvalue weighted by molar-refractivity contribution is 9.10. The fraction of sp³-hybridized carbons (Fsp3) is 0.562. The minimum atomic E-state index is 0.110. The average molecular weight is 371 g/mol. The van der Waals surface area contributed by atoms with Gasteiger partial charge < -0.3 is 10.6 Å². The maximum absolute atomic E-state index is 12.1. The van der Waals surface area contributed by atoms with Gasteiger partial charge in [-0.1, -0.05) is 35.0 Å². The van der Waals surface area contributed by atoms with Gasteiger partial charge in [0.15, 0.2) is 0 Å². The van der Waals surface area contributed by atoms with Gasteiger partial charge in [0, 0.05) is 9.72 Å². The molecule has 0 aromatic heterocycles. The van der Waals surface area contributed by atoms with E-state index < -0.39 is 0 Å². The summed E-state index contributed by atoms with van der Waals surface area (Å²) in [5, 5.41) is 7.13. The molecule has 3 nitrogen and oxygen atoms in total. The molecule has 1 aliphatic rings. The maximum atomic E-state index is 12.1. The summed E-state index contributed by atoms with van der Waals surface area (Å²) in [5.74, 6) is 0.714. The first-order chi connectivity index (χ1) is 10.2. The predicted octanol–water partition coefficient (Wildman–Crippen LogP) is 3.50. The number of rotatable bonds is 6. The van der Waals surface area contributed by atoms with Crippen LogP contribution in [0.3, 0.4) is 0 Å². The fourth-order valence-electron chi connectivity index (χ4n) is 2.51. The Bertz CT molecular complexity index is 446. The molecule has 2 rings (SSSR count). The first kappa shape index (κ1) is 16.8. The SMILES string of the molecule is CCC(NC(=O)CSC1CCNCC1)c1ccc(Br)cc1. The van der Waals surface area contributed by atoms with E-state index in [0.29, 0.717) is 11.0 Å². The summed E-state index contributed by atoms with van der Waals surface area (Å²) in [6.07, 6.45) is 3.25. The Morgan fingerprint density at radius 2 is 2.05 bits per heavy atom. The molecule has 1 atom stereocenters. The molecule has 2 N–H and O–H groups in total. The van der Waals surface area contributed by atoms with Gasteiger partial charge in [0.25, 0.3) is 0 Å². The summed E-state index contributed by atoms with van der Waals surface area (Å²) in [6.45, 7) is 4.26. The average Bonchev–Trinajstić information content (AvgIpc) is 2.52. The lowest BCUT2D eigenvalue weighted by Gasteiger charge is -2.22. The van der Waals surface area contributed by atoms with Crippen LogP contribution in [0.2, 0.25) is 0 Å². The van der Waals surface area contributed by atoms with Gasteiger partial charge >= 0.3 is 0 Å². The monoisotopic (exact) mass is 370 g/mol. The van der Waals surface area contributed by atoms with Crippen molar-refractivity contribution in [1.29, 1.82) is 0 Å². The molecule has 5 heteroatoms. The van der Waals surface area contributed by atoms with Crippen molar-refractivity contribution in [3.8, 4) is 0 Å². The van der Waals surface area contributed by atoms with Crippen LogP contribution < -0.4 is 10.6 Å². The van der Waals surface area contributed by atoms with Crippen LogP contribution in [0.4, 0.5) is 0 Å². The second-order valence-electron chi connectivity index (χ2n) is 5.34. The largest absolute Gasteiger partial charge is 0.349 e. The van der Waals surface area contributed by atoms with E-state index >= 15 is 0 Å². The Balaban J connectivity index is 1.80. The van der Waals surface area contributed by atoms with E-state index in [1.54, 1.807) is 11.8 Å². The van der Waals surface area contributed by atoms with Crippen molar-refractivity contribution in [2.45, 2.75) is 37.5 Å². The Morgan fingerprint density at radius 3 is 2.67 bits per heavy atom. The lowest BCUT2D eigenvalue weighted by atomic mass is 10.0. The molecule has 1 amide bonds. The molecule has 1 aromatic rings. The van der Waals surface area contributed by atoms with Crippen LogP contribution >= 0.6 is 27.7 Å². The number of nitrogens with one attached hydrogen (secondary N) is 2. The van der Waals surface area contributed by atoms with Crippen LogP contribution in [0.1, 0.15) is 37.8 Å². The molecule has 1 aromatic carbocycles. The van der Waals surface area contributed by atoms with Crippen molar-refractivity contribution in [2.24, 2.45) is 0 Å². The third-order valence-electron chi connectivity index (χ3n) is 3.75. The Hall–Kier alpha value is -0.520. The highest BCUT2D eigenvalue weighted by Gasteiger charge is 2.17. The molecule has 0 radical (unpaired) electrons. The second kappa shape index (κ2) is 8.81. The summed E-state index contributed by atoms with van der Waals surface area (Å²) in [6, 6.07) is 8.29. The molecule has 116 valence electrons. The number of thioether (sulfide) groups is 1. The predicted molar refractivity (Wildman–Crippen MR) is 93.7 cm³/mol. The molecular formula is C16H23BrN2OS. The number of piperidine rings is 1. The van der Waals surface area contributed by atoms with E-state index in [2.05, 4.69) is 45.6 Å². The molecule has 1 heterocycles. The van der Waals surface area contributed by atoms with Gasteiger partial charge in [-0.2, -0.15) is 0 Å². The fourth-order valence-corrected chi connectivity index (χ4v) is 3.81. The number of carbonyl (C=O) groups is 1. The van der Waals surface area contributed by atoms with Crippen LogP contribution in [0, 0.1) is 0 Å². The zero-order valence-electron chi connectivity index (χ0n) is 12.4. The Labute approximate surface area is 139 Å². The van der Waals surface area contributed by atoms with E-state index in [9.17, 15) is 4.79 Å². The minimum absolute atomic E-state index is 0.110. The van der Waals surface area contributed by atoms with E-state index in [-0.39, 0.29) is 11.9 Å². The van der Waals surface area contributed by atoms with Crippen LogP contribution in [0.5, 0.6) is 0 Å². The van der Waals surface area contributed by atoms with Crippen LogP contribution in [0.15, 0.2) is 28.7 Å². The second-order valence-corrected chi connectivity index (χ2v) is 7.54. The van der Waals surface area contributed by atoms with Crippen molar-refractivity contribution in [3.63, 3.8) is 0 Å². The standard InChI is InChI=1S/C16H23BrN2OS/c1-2-15(12-3-5-13(17)6-4-12)19-16(20)11-21-14-7-9-18-10-8-14/h3-6,14-15,18H,2,7-11H2,1H3,(H,19,20). The van der Waals surface area contributed by atoms with Crippen LogP contribution in [-0.2, 0) is 4.79 Å². The normalized spacial score (nSPS) is 17.4. The van der Waals surface area contributed by atoms with Gasteiger partial charge in [-0.05, 0) is 50.0 Å². The number of hydrogen-bond acceptors (Lipinski definition) is 3. The topological polar surface area (TPSA) is 41.1 Å². The quantitative estimate of drug-likeness (QED) is 0.804. The summed E-state index contributed by atoms with van der Waals surface area (Å²) in [5.41, 5.74) is 1.17. The van der Waals surface area contributed by atoms with E-state index in [1.807, 2.05) is 12.1 Å². The maximum Gasteiger partial charge on any atom is 0.230 e. The lowest BCUT2D eigenvalue weighted by Crippen LogP contribution is -2.32. The molecule has 0 bridgehead atoms. The zero-order chi connectivity index (χ0) is 15.1. The lowest BCUT2D eigenvalue weighted by molar-refractivity contribution is -0.119. The van der Waals surface area contributed by atoms with Crippen molar-refractivity contribution < 1.29 is 4.79 Å². The first-order valence-electron chi connectivity index (χ1n) is 7.56. The number of carbonyl (C=O) groups excluding carboxylic acids is 1. The molecule has 1 saturated heterocycles. The highest BCUT2D eigenvalue weighted by Crippen LogP contribution is 2.22. The summed E-state index contributed by atoms with van der Waals surface area (Å²) in [7, 11) is 0. The van der Waals surface area contributed by atoms with Gasteiger partial charge in [-0.25, -0.2) is 0 Å². The molecule has 0 spiro atoms. The van der Waals surface area contributed by atoms with E-state index in [1.165, 1.54) is 18.4 Å². The third kappa shape index (κ3) is 5.64. The van der Waals surface area contributed by atoms with Gasteiger partial charge in [0.1, 0.15) is 0 Å². The summed E-state index contributed by atoms with van der Waals surface area (Å²) < 4.78 is 1.06. The molecule has 0 aliphatic carbocycles. The molecule has 21 heavy (non-hydrogen) atoms. The third-order valence-corrected chi connectivity index (χ3v) is 5.65. The van der Waals surface area contributed by atoms with Crippen molar-refractivity contribution in [3.05, 3.63) is 34.3 Å². The van der Waals surface area contributed by atoms with Crippen molar-refractivity contribution in [2.75, 3.05) is 18.8 Å². The molecule has 1 aliphatic heterocycles. The smallest absolute Gasteiger partial charge is 0.230 e. The minimum Gasteiger partial charge on any atom is -0.349 e. The van der Waals surface area contributed by atoms with Crippen LogP contribution in [0.25, 0.3) is 0 Å². The van der Waals surface area contributed by atoms with E-state index in [4.69, 9.17) is 0 Å². The Morgan fingerprint density at radius 1 is 1.38 bits per heavy atom.